The van der Waals surface area contributed by atoms with Crippen molar-refractivity contribution >= 4 is 44.1 Å². The van der Waals surface area contributed by atoms with Gasteiger partial charge in [-0.05, 0) is 74.4 Å². The van der Waals surface area contributed by atoms with Crippen molar-refractivity contribution in [3.63, 3.8) is 0 Å². The molecule has 11 heteroatoms. The first-order valence-electron chi connectivity index (χ1n) is 14.6. The minimum atomic E-state index is -3.91. The number of hydrogen-bond acceptors (Lipinski definition) is 8. The lowest BCUT2D eigenvalue weighted by molar-refractivity contribution is 0.134. The van der Waals surface area contributed by atoms with E-state index in [0.717, 1.165) is 57.4 Å². The van der Waals surface area contributed by atoms with Crippen LogP contribution < -0.4 is 10.3 Å². The van der Waals surface area contributed by atoms with Gasteiger partial charge in [0.15, 0.2) is 5.82 Å². The van der Waals surface area contributed by atoms with Crippen molar-refractivity contribution in [2.24, 2.45) is 0 Å². The van der Waals surface area contributed by atoms with Gasteiger partial charge in [-0.1, -0.05) is 44.1 Å². The molecule has 0 amide bonds. The van der Waals surface area contributed by atoms with Crippen molar-refractivity contribution in [2.75, 3.05) is 11.3 Å². The molecule has 1 atom stereocenters. The number of allylic oxidation sites excluding steroid dienone is 1. The summed E-state index contributed by atoms with van der Waals surface area (Å²) in [5, 5.41) is 4.95. The zero-order chi connectivity index (χ0) is 30.9. The average Bonchev–Trinajstić information content (AvgIpc) is 3.54. The smallest absolute Gasteiger partial charge is 0.269 e. The van der Waals surface area contributed by atoms with Gasteiger partial charge in [0.25, 0.3) is 15.6 Å². The monoisotopic (exact) mass is 622 g/mol. The fourth-order valence-electron chi connectivity index (χ4n) is 5.38. The topological polar surface area (TPSA) is 116 Å². The molecule has 0 aliphatic carbocycles. The Morgan fingerprint density at radius 3 is 2.58 bits per heavy atom. The van der Waals surface area contributed by atoms with Crippen molar-refractivity contribution < 1.29 is 17.7 Å². The van der Waals surface area contributed by atoms with Crippen LogP contribution in [0.2, 0.25) is 0 Å². The number of nitrogens with zero attached hydrogens (tertiary/aromatic N) is 3. The number of nitrogens with one attached hydrogen (secondary N) is 1. The second kappa shape index (κ2) is 12.7. The molecule has 0 saturated carbocycles. The lowest BCUT2D eigenvalue weighted by Crippen LogP contribution is -2.21. The number of benzene rings is 1. The highest BCUT2D eigenvalue weighted by atomic mass is 32.3. The van der Waals surface area contributed by atoms with Crippen LogP contribution in [0.25, 0.3) is 16.5 Å². The number of fused-ring (bicyclic) bond motifs is 1. The van der Waals surface area contributed by atoms with Crippen LogP contribution in [0.4, 0.5) is 5.82 Å². The number of pyridine rings is 2. The number of hydrogen-bond donors (Lipinski definition) is 1. The predicted molar refractivity (Wildman–Crippen MR) is 173 cm³/mol. The number of anilines is 1. The first-order valence-corrected chi connectivity index (χ1v) is 17.0. The van der Waals surface area contributed by atoms with Crippen molar-refractivity contribution in [2.45, 2.75) is 79.2 Å². The van der Waals surface area contributed by atoms with Crippen LogP contribution in [0.3, 0.4) is 0 Å². The maximum atomic E-state index is 13.6. The molecule has 1 aromatic carbocycles. The minimum absolute atomic E-state index is 0.0738. The van der Waals surface area contributed by atoms with Crippen LogP contribution in [-0.2, 0) is 40.8 Å². The van der Waals surface area contributed by atoms with Crippen molar-refractivity contribution in [3.8, 4) is 0 Å². The Hall–Kier alpha value is -3.41. The highest BCUT2D eigenvalue weighted by molar-refractivity contribution is 8.20. The van der Waals surface area contributed by atoms with Crippen molar-refractivity contribution in [1.82, 2.24) is 14.7 Å². The number of aryl methyl sites for hydroxylation is 3. The first-order chi connectivity index (χ1) is 20.6. The second-order valence-electron chi connectivity index (χ2n) is 10.8. The molecule has 3 aromatic heterocycles. The van der Waals surface area contributed by atoms with E-state index < -0.39 is 10.0 Å². The summed E-state index contributed by atoms with van der Waals surface area (Å²) in [7, 11) is -3.91. The molecule has 1 aliphatic rings. The van der Waals surface area contributed by atoms with Gasteiger partial charge in [0.2, 0.25) is 0 Å². The number of ether oxygens (including phenoxy) is 1. The summed E-state index contributed by atoms with van der Waals surface area (Å²) < 4.78 is 43.0. The van der Waals surface area contributed by atoms with Gasteiger partial charge in [-0.25, -0.2) is 8.42 Å². The number of sulfonamides is 1. The van der Waals surface area contributed by atoms with Gasteiger partial charge < -0.3 is 13.8 Å². The van der Waals surface area contributed by atoms with Gasteiger partial charge in [-0.2, -0.15) is 0 Å². The van der Waals surface area contributed by atoms with E-state index in [1.54, 1.807) is 24.5 Å². The standard InChI is InChI=1S/C32H38N4O5S2/c1-7-24-16-29-26(28(8-2)33-24)12-13-30(37)36(29)17-22-10-11-25(23(15-22)18-40-9-3)27-14-19(4)42-32(27)43(38,39)35-31-20(5)21(6)41-34-31/h10-13,15-16,19H,7-9,14,17-18H2,1-6H3,(H,34,35). The third-order valence-electron chi connectivity index (χ3n) is 7.79. The van der Waals surface area contributed by atoms with Crippen LogP contribution in [0.15, 0.2) is 50.0 Å². The highest BCUT2D eigenvalue weighted by Gasteiger charge is 2.34. The van der Waals surface area contributed by atoms with Crippen molar-refractivity contribution in [1.29, 1.82) is 0 Å². The molecule has 0 radical (unpaired) electrons. The molecule has 4 aromatic rings. The summed E-state index contributed by atoms with van der Waals surface area (Å²) in [4.78, 5) is 17.9. The minimum Gasteiger partial charge on any atom is -0.377 e. The largest absolute Gasteiger partial charge is 0.377 e. The van der Waals surface area contributed by atoms with E-state index >= 15 is 0 Å². The quantitative estimate of drug-likeness (QED) is 0.206. The van der Waals surface area contributed by atoms with Gasteiger partial charge in [0.05, 0.1) is 18.7 Å². The summed E-state index contributed by atoms with van der Waals surface area (Å²) in [6, 6.07) is 11.5. The summed E-state index contributed by atoms with van der Waals surface area (Å²) in [5.74, 6) is 0.759. The number of rotatable bonds is 11. The van der Waals surface area contributed by atoms with Crippen LogP contribution in [0.1, 0.15) is 73.5 Å². The maximum absolute atomic E-state index is 13.6. The molecule has 1 N–H and O–H groups in total. The molecule has 0 saturated heterocycles. The predicted octanol–water partition coefficient (Wildman–Crippen LogP) is 6.35. The zero-order valence-electron chi connectivity index (χ0n) is 25.5. The molecule has 228 valence electrons. The van der Waals surface area contributed by atoms with Crippen LogP contribution in [-0.4, -0.2) is 35.0 Å². The summed E-state index contributed by atoms with van der Waals surface area (Å²) >= 11 is 1.34. The lowest BCUT2D eigenvalue weighted by atomic mass is 9.96. The van der Waals surface area contributed by atoms with E-state index in [1.165, 1.54) is 11.8 Å². The normalized spacial score (nSPS) is 15.5. The Morgan fingerprint density at radius 1 is 1.12 bits per heavy atom. The van der Waals surface area contributed by atoms with Crippen LogP contribution >= 0.6 is 11.8 Å². The van der Waals surface area contributed by atoms with E-state index in [-0.39, 0.29) is 20.9 Å². The molecule has 0 fully saturated rings. The van der Waals surface area contributed by atoms with E-state index in [1.807, 2.05) is 44.2 Å². The van der Waals surface area contributed by atoms with E-state index in [9.17, 15) is 13.2 Å². The summed E-state index contributed by atoms with van der Waals surface area (Å²) in [6.45, 7) is 12.8. The van der Waals surface area contributed by atoms with Gasteiger partial charge in [-0.3, -0.25) is 14.5 Å². The Labute approximate surface area is 256 Å². The fraction of sp³-hybridized carbons (Fsp3) is 0.406. The van der Waals surface area contributed by atoms with Gasteiger partial charge in [0, 0.05) is 40.3 Å². The summed E-state index contributed by atoms with van der Waals surface area (Å²) in [5.41, 5.74) is 6.76. The van der Waals surface area contributed by atoms with E-state index in [0.29, 0.717) is 37.5 Å². The molecule has 5 rings (SSSR count). The molecule has 0 bridgehead atoms. The Morgan fingerprint density at radius 2 is 1.91 bits per heavy atom. The van der Waals surface area contributed by atoms with Gasteiger partial charge >= 0.3 is 0 Å². The average molecular weight is 623 g/mol. The number of thioether (sulfide) groups is 1. The maximum Gasteiger partial charge on any atom is 0.269 e. The molecule has 0 spiro atoms. The molecule has 1 unspecified atom stereocenters. The zero-order valence-corrected chi connectivity index (χ0v) is 27.1. The molecular weight excluding hydrogens is 585 g/mol. The third kappa shape index (κ3) is 6.30. The Kier molecular flexibility index (Phi) is 9.15. The fourth-order valence-corrected chi connectivity index (χ4v) is 8.51. The summed E-state index contributed by atoms with van der Waals surface area (Å²) in [6.07, 6.45) is 2.14. The molecular formula is C32H38N4O5S2. The molecule has 9 nitrogen and oxygen atoms in total. The highest BCUT2D eigenvalue weighted by Crippen LogP contribution is 2.46. The first kappa shape index (κ1) is 31.0. The van der Waals surface area contributed by atoms with Crippen LogP contribution in [0.5, 0.6) is 0 Å². The molecule has 1 aliphatic heterocycles. The van der Waals surface area contributed by atoms with E-state index in [2.05, 4.69) is 23.7 Å². The second-order valence-corrected chi connectivity index (χ2v) is 14.1. The lowest BCUT2D eigenvalue weighted by Gasteiger charge is -2.17. The van der Waals surface area contributed by atoms with Gasteiger partial charge in [0.1, 0.15) is 10.00 Å². The molecule has 4 heterocycles. The van der Waals surface area contributed by atoms with Crippen molar-refractivity contribution in [3.05, 3.63) is 90.4 Å². The molecule has 43 heavy (non-hydrogen) atoms. The van der Waals surface area contributed by atoms with Gasteiger partial charge in [-0.15, -0.1) is 11.8 Å². The van der Waals surface area contributed by atoms with Crippen LogP contribution in [0, 0.1) is 13.8 Å². The Bertz CT molecular complexity index is 1870. The van der Waals surface area contributed by atoms with E-state index in [4.69, 9.17) is 14.2 Å². The third-order valence-corrected chi connectivity index (χ3v) is 11.0. The SMILES string of the molecule is CCOCc1cc(Cn2c(=O)ccc3c(CC)nc(CC)cc32)ccc1C1=C(S(=O)(=O)Nc2noc(C)c2C)SC(C)C1. The number of aromatic nitrogens is 3. The Balaban J connectivity index is 1.58.